The number of aryl methyl sites for hydroxylation is 1. The summed E-state index contributed by atoms with van der Waals surface area (Å²) in [7, 11) is -2.79. The molecule has 0 atom stereocenters. The summed E-state index contributed by atoms with van der Waals surface area (Å²) in [5.74, 6) is -0.534. The minimum absolute atomic E-state index is 0.00128. The van der Waals surface area contributed by atoms with Crippen LogP contribution >= 0.6 is 0 Å². The third-order valence-corrected chi connectivity index (χ3v) is 6.50. The summed E-state index contributed by atoms with van der Waals surface area (Å²) in [6.45, 7) is 8.70. The van der Waals surface area contributed by atoms with E-state index in [1.165, 1.54) is 37.4 Å². The van der Waals surface area contributed by atoms with Gasteiger partial charge in [0, 0.05) is 5.39 Å². The zero-order chi connectivity index (χ0) is 25.3. The van der Waals surface area contributed by atoms with Crippen molar-refractivity contribution >= 4 is 38.7 Å². The number of amides is 1. The van der Waals surface area contributed by atoms with Crippen molar-refractivity contribution in [1.82, 2.24) is 3.97 Å². The van der Waals surface area contributed by atoms with Crippen molar-refractivity contribution in [2.24, 2.45) is 0 Å². The molecule has 0 radical (unpaired) electrons. The van der Waals surface area contributed by atoms with Crippen molar-refractivity contribution in [1.29, 1.82) is 0 Å². The highest BCUT2D eigenvalue weighted by Gasteiger charge is 2.28. The van der Waals surface area contributed by atoms with E-state index in [-0.39, 0.29) is 34.1 Å². The number of hydrogen-bond donors (Lipinski definition) is 1. The number of hydrogen-bond acceptors (Lipinski definition) is 7. The molecular formula is C24H28N2O7S. The average Bonchev–Trinajstić information content (AvgIpc) is 3.11. The second-order valence-electron chi connectivity index (χ2n) is 8.57. The van der Waals surface area contributed by atoms with Crippen molar-refractivity contribution in [2.45, 2.75) is 45.1 Å². The smallest absolute Gasteiger partial charge is 0.412 e. The average molecular weight is 489 g/mol. The van der Waals surface area contributed by atoms with Gasteiger partial charge in [-0.25, -0.2) is 22.0 Å². The van der Waals surface area contributed by atoms with Crippen LogP contribution in [0, 0.1) is 6.92 Å². The van der Waals surface area contributed by atoms with Gasteiger partial charge in [0.25, 0.3) is 10.0 Å². The molecule has 1 aromatic heterocycles. The first-order chi connectivity index (χ1) is 15.9. The van der Waals surface area contributed by atoms with Crippen molar-refractivity contribution in [3.63, 3.8) is 0 Å². The summed E-state index contributed by atoms with van der Waals surface area (Å²) in [5, 5.41) is 3.00. The summed E-state index contributed by atoms with van der Waals surface area (Å²) in [4.78, 5) is 25.1. The van der Waals surface area contributed by atoms with Crippen LogP contribution < -0.4 is 10.1 Å². The van der Waals surface area contributed by atoms with Gasteiger partial charge in [0.2, 0.25) is 0 Å². The lowest BCUT2D eigenvalue weighted by Crippen LogP contribution is -2.27. The predicted octanol–water partition coefficient (Wildman–Crippen LogP) is 4.72. The lowest BCUT2D eigenvalue weighted by Gasteiger charge is -2.20. The summed E-state index contributed by atoms with van der Waals surface area (Å²) in [6, 6.07) is 10.6. The van der Waals surface area contributed by atoms with Crippen molar-refractivity contribution in [2.75, 3.05) is 19.0 Å². The Morgan fingerprint density at radius 1 is 1.06 bits per heavy atom. The number of rotatable bonds is 6. The lowest BCUT2D eigenvalue weighted by molar-refractivity contribution is 0.0517. The molecule has 10 heteroatoms. The maximum Gasteiger partial charge on any atom is 0.412 e. The monoisotopic (exact) mass is 488 g/mol. The van der Waals surface area contributed by atoms with Gasteiger partial charge >= 0.3 is 12.1 Å². The van der Waals surface area contributed by atoms with E-state index < -0.39 is 27.7 Å². The fourth-order valence-electron chi connectivity index (χ4n) is 3.31. The molecule has 0 saturated heterocycles. The van der Waals surface area contributed by atoms with Gasteiger partial charge in [0.1, 0.15) is 17.0 Å². The molecule has 9 nitrogen and oxygen atoms in total. The molecule has 34 heavy (non-hydrogen) atoms. The van der Waals surface area contributed by atoms with Gasteiger partial charge in [-0.05, 0) is 65.0 Å². The standard InChI is InChI=1S/C24H28N2O7S/c1-7-32-22(27)20-12-16-13-21(31-6)18(25-23(28)33-24(3,4)5)14-19(16)26(20)34(29,30)17-10-8-15(2)9-11-17/h8-14H,7H2,1-6H3,(H,25,28). The predicted molar refractivity (Wildman–Crippen MR) is 128 cm³/mol. The third-order valence-electron chi connectivity index (χ3n) is 4.76. The van der Waals surface area contributed by atoms with Gasteiger partial charge in [-0.2, -0.15) is 0 Å². The van der Waals surface area contributed by atoms with E-state index in [0.717, 1.165) is 9.54 Å². The molecule has 0 aliphatic heterocycles. The lowest BCUT2D eigenvalue weighted by atomic mass is 10.2. The molecule has 0 aliphatic carbocycles. The Balaban J connectivity index is 2.25. The molecule has 182 valence electrons. The molecule has 0 spiro atoms. The van der Waals surface area contributed by atoms with Gasteiger partial charge in [-0.15, -0.1) is 0 Å². The third kappa shape index (κ3) is 5.17. The largest absolute Gasteiger partial charge is 0.495 e. The maximum atomic E-state index is 13.6. The topological polar surface area (TPSA) is 113 Å². The number of carbonyl (C=O) groups excluding carboxylic acids is 2. The van der Waals surface area contributed by atoms with E-state index in [4.69, 9.17) is 14.2 Å². The Kier molecular flexibility index (Phi) is 6.92. The highest BCUT2D eigenvalue weighted by atomic mass is 32.2. The Morgan fingerprint density at radius 3 is 2.26 bits per heavy atom. The van der Waals surface area contributed by atoms with E-state index >= 15 is 0 Å². The van der Waals surface area contributed by atoms with Crippen LogP contribution in [0.1, 0.15) is 43.7 Å². The van der Waals surface area contributed by atoms with Crippen molar-refractivity contribution < 1.29 is 32.2 Å². The number of methoxy groups -OCH3 is 1. The van der Waals surface area contributed by atoms with Crippen LogP contribution in [0.4, 0.5) is 10.5 Å². The van der Waals surface area contributed by atoms with Gasteiger partial charge in [-0.1, -0.05) is 17.7 Å². The Labute approximate surface area is 198 Å². The van der Waals surface area contributed by atoms with Crippen LogP contribution in [0.15, 0.2) is 47.4 Å². The zero-order valence-electron chi connectivity index (χ0n) is 20.0. The molecule has 1 heterocycles. The first-order valence-corrected chi connectivity index (χ1v) is 12.0. The van der Waals surface area contributed by atoms with Crippen LogP contribution in [0.5, 0.6) is 5.75 Å². The molecule has 0 aliphatic rings. The second kappa shape index (κ2) is 9.38. The molecule has 3 rings (SSSR count). The number of nitrogens with one attached hydrogen (secondary N) is 1. The van der Waals surface area contributed by atoms with Gasteiger partial charge in [0.15, 0.2) is 0 Å². The number of anilines is 1. The molecule has 1 N–H and O–H groups in total. The van der Waals surface area contributed by atoms with E-state index in [1.54, 1.807) is 39.8 Å². The van der Waals surface area contributed by atoms with Gasteiger partial charge < -0.3 is 14.2 Å². The van der Waals surface area contributed by atoms with Crippen molar-refractivity contribution in [3.8, 4) is 5.75 Å². The van der Waals surface area contributed by atoms with Crippen LogP contribution in [-0.4, -0.2) is 43.8 Å². The number of benzene rings is 2. The molecule has 1 amide bonds. The SMILES string of the molecule is CCOC(=O)c1cc2cc(OC)c(NC(=O)OC(C)(C)C)cc2n1S(=O)(=O)c1ccc(C)cc1. The Hall–Kier alpha value is -3.53. The van der Waals surface area contributed by atoms with Gasteiger partial charge in [-0.3, -0.25) is 5.32 Å². The number of nitrogens with zero attached hydrogens (tertiary/aromatic N) is 1. The normalized spacial score (nSPS) is 11.8. The van der Waals surface area contributed by atoms with E-state index in [2.05, 4.69) is 5.32 Å². The van der Waals surface area contributed by atoms with Crippen LogP contribution in [0.3, 0.4) is 0 Å². The maximum absolute atomic E-state index is 13.6. The summed E-state index contributed by atoms with van der Waals surface area (Å²) < 4.78 is 44.0. The first kappa shape index (κ1) is 25.1. The van der Waals surface area contributed by atoms with Gasteiger partial charge in [0.05, 0.1) is 29.8 Å². The van der Waals surface area contributed by atoms with Crippen LogP contribution in [-0.2, 0) is 19.5 Å². The number of ether oxygens (including phenoxy) is 3. The van der Waals surface area contributed by atoms with Crippen LogP contribution in [0.25, 0.3) is 10.9 Å². The molecule has 0 bridgehead atoms. The Bertz CT molecular complexity index is 1330. The molecule has 3 aromatic rings. The fraction of sp³-hybridized carbons (Fsp3) is 0.333. The molecule has 0 saturated carbocycles. The zero-order valence-corrected chi connectivity index (χ0v) is 20.8. The number of aromatic nitrogens is 1. The summed E-state index contributed by atoms with van der Waals surface area (Å²) in [5.41, 5.74) is 0.311. The Morgan fingerprint density at radius 2 is 1.71 bits per heavy atom. The minimum Gasteiger partial charge on any atom is -0.495 e. The highest BCUT2D eigenvalue weighted by molar-refractivity contribution is 7.90. The second-order valence-corrected chi connectivity index (χ2v) is 10.4. The highest BCUT2D eigenvalue weighted by Crippen LogP contribution is 2.35. The van der Waals surface area contributed by atoms with E-state index in [9.17, 15) is 18.0 Å². The molecule has 2 aromatic carbocycles. The molecule has 0 unspecified atom stereocenters. The van der Waals surface area contributed by atoms with Crippen molar-refractivity contribution in [3.05, 3.63) is 53.7 Å². The fourth-order valence-corrected chi connectivity index (χ4v) is 4.81. The molecular weight excluding hydrogens is 460 g/mol. The number of esters is 1. The summed E-state index contributed by atoms with van der Waals surface area (Å²) >= 11 is 0. The quantitative estimate of drug-likeness (QED) is 0.500. The summed E-state index contributed by atoms with van der Waals surface area (Å²) in [6.07, 6.45) is -0.740. The first-order valence-electron chi connectivity index (χ1n) is 10.6. The molecule has 0 fully saturated rings. The van der Waals surface area contributed by atoms with Crippen LogP contribution in [0.2, 0.25) is 0 Å². The number of fused-ring (bicyclic) bond motifs is 1. The minimum atomic E-state index is -4.20. The number of carbonyl (C=O) groups is 2. The van der Waals surface area contributed by atoms with E-state index in [0.29, 0.717) is 5.39 Å². The van der Waals surface area contributed by atoms with E-state index in [1.807, 2.05) is 6.92 Å².